The summed E-state index contributed by atoms with van der Waals surface area (Å²) in [5, 5.41) is 6.47. The highest BCUT2D eigenvalue weighted by Gasteiger charge is 2.08. The number of hydrogen-bond acceptors (Lipinski definition) is 5. The van der Waals surface area contributed by atoms with E-state index in [1.54, 1.807) is 18.4 Å². The Hall–Kier alpha value is -1.75. The first-order chi connectivity index (χ1) is 8.70. The maximum atomic E-state index is 5.95. The van der Waals surface area contributed by atoms with Crippen LogP contribution in [0, 0.1) is 0 Å². The molecule has 1 atom stereocenters. The van der Waals surface area contributed by atoms with E-state index >= 15 is 0 Å². The molecule has 0 saturated heterocycles. The molecule has 0 aliphatic carbocycles. The second-order valence-corrected chi connectivity index (χ2v) is 5.03. The summed E-state index contributed by atoms with van der Waals surface area (Å²) in [6.45, 7) is 2.95. The Labute approximate surface area is 111 Å². The molecule has 2 aromatic rings. The van der Waals surface area contributed by atoms with Gasteiger partial charge >= 0.3 is 0 Å². The number of hydrogen-bond donors (Lipinski definition) is 2. The number of benzene rings is 1. The first-order valence-corrected chi connectivity index (χ1v) is 6.65. The van der Waals surface area contributed by atoms with Crippen LogP contribution in [0.2, 0.25) is 0 Å². The summed E-state index contributed by atoms with van der Waals surface area (Å²) in [6, 6.07) is 5.64. The minimum atomic E-state index is 0.367. The molecule has 1 unspecified atom stereocenters. The van der Waals surface area contributed by atoms with Crippen LogP contribution < -0.4 is 15.8 Å². The van der Waals surface area contributed by atoms with Gasteiger partial charge in [0.05, 0.1) is 23.5 Å². The van der Waals surface area contributed by atoms with Gasteiger partial charge in [-0.05, 0) is 12.1 Å². The number of thiazole rings is 1. The lowest BCUT2D eigenvalue weighted by molar-refractivity contribution is 0.415. The fraction of sp³-hybridized carbons (Fsp3) is 0.308. The summed E-state index contributed by atoms with van der Waals surface area (Å²) in [7, 11) is 1.63. The van der Waals surface area contributed by atoms with Crippen LogP contribution in [-0.4, -0.2) is 18.6 Å². The average molecular weight is 263 g/mol. The van der Waals surface area contributed by atoms with Gasteiger partial charge in [0.15, 0.2) is 0 Å². The predicted octanol–water partition coefficient (Wildman–Crippen LogP) is 2.95. The van der Waals surface area contributed by atoms with E-state index in [9.17, 15) is 0 Å². The third-order valence-electron chi connectivity index (χ3n) is 2.73. The molecule has 3 N–H and O–H groups in total. The summed E-state index contributed by atoms with van der Waals surface area (Å²) in [4.78, 5) is 4.31. The number of methoxy groups -OCH3 is 1. The second kappa shape index (κ2) is 5.73. The molecule has 2 rings (SSSR count). The van der Waals surface area contributed by atoms with Crippen molar-refractivity contribution in [1.82, 2.24) is 4.98 Å². The minimum absolute atomic E-state index is 0.367. The van der Waals surface area contributed by atoms with Gasteiger partial charge in [0.1, 0.15) is 5.75 Å². The minimum Gasteiger partial charge on any atom is -0.497 e. The lowest BCUT2D eigenvalue weighted by atomic mass is 10.2. The number of nitrogens with zero attached hydrogens (tertiary/aromatic N) is 1. The van der Waals surface area contributed by atoms with Gasteiger partial charge in [0.25, 0.3) is 0 Å². The van der Waals surface area contributed by atoms with Crippen LogP contribution in [0.25, 0.3) is 0 Å². The molecule has 0 radical (unpaired) electrons. The molecule has 18 heavy (non-hydrogen) atoms. The van der Waals surface area contributed by atoms with Crippen LogP contribution in [0.1, 0.15) is 17.8 Å². The molecular weight excluding hydrogens is 246 g/mol. The van der Waals surface area contributed by atoms with Crippen LogP contribution in [0.4, 0.5) is 11.4 Å². The van der Waals surface area contributed by atoms with Crippen LogP contribution in [-0.2, 0) is 0 Å². The molecule has 0 fully saturated rings. The molecular formula is C13H17N3OS. The number of nitrogens with two attached hydrogens (primary N) is 1. The molecule has 0 aliphatic heterocycles. The van der Waals surface area contributed by atoms with Crippen LogP contribution >= 0.6 is 11.3 Å². The molecule has 0 bridgehead atoms. The summed E-state index contributed by atoms with van der Waals surface area (Å²) < 4.78 is 5.12. The van der Waals surface area contributed by atoms with E-state index in [1.807, 2.05) is 29.8 Å². The first-order valence-electron chi connectivity index (χ1n) is 5.77. The fourth-order valence-corrected chi connectivity index (χ4v) is 2.36. The molecule has 0 spiro atoms. The maximum absolute atomic E-state index is 5.95. The highest BCUT2D eigenvalue weighted by Crippen LogP contribution is 2.25. The quantitative estimate of drug-likeness (QED) is 0.814. The number of anilines is 2. The van der Waals surface area contributed by atoms with E-state index in [2.05, 4.69) is 17.2 Å². The van der Waals surface area contributed by atoms with Crippen molar-refractivity contribution in [3.8, 4) is 5.75 Å². The van der Waals surface area contributed by atoms with Crippen molar-refractivity contribution in [2.24, 2.45) is 0 Å². The van der Waals surface area contributed by atoms with Gasteiger partial charge in [0.2, 0.25) is 0 Å². The maximum Gasteiger partial charge on any atom is 0.121 e. The average Bonchev–Trinajstić information content (AvgIpc) is 2.90. The SMILES string of the molecule is COc1ccc(NCC(C)c2nccs2)c(N)c1. The summed E-state index contributed by atoms with van der Waals surface area (Å²) in [5.74, 6) is 1.14. The van der Waals surface area contributed by atoms with Crippen LogP contribution in [0.15, 0.2) is 29.8 Å². The van der Waals surface area contributed by atoms with Crippen molar-refractivity contribution < 1.29 is 4.74 Å². The Bertz CT molecular complexity index is 499. The van der Waals surface area contributed by atoms with Crippen molar-refractivity contribution in [3.05, 3.63) is 34.8 Å². The van der Waals surface area contributed by atoms with Crippen LogP contribution in [0.3, 0.4) is 0 Å². The molecule has 0 saturated carbocycles. The number of aromatic nitrogens is 1. The van der Waals surface area contributed by atoms with E-state index in [4.69, 9.17) is 10.5 Å². The number of nitrogens with one attached hydrogen (secondary N) is 1. The molecule has 0 amide bonds. The second-order valence-electron chi connectivity index (χ2n) is 4.11. The van der Waals surface area contributed by atoms with E-state index in [0.29, 0.717) is 11.6 Å². The first kappa shape index (κ1) is 12.7. The highest BCUT2D eigenvalue weighted by molar-refractivity contribution is 7.09. The molecule has 1 aromatic heterocycles. The van der Waals surface area contributed by atoms with Crippen molar-refractivity contribution in [3.63, 3.8) is 0 Å². The third kappa shape index (κ3) is 2.92. The summed E-state index contributed by atoms with van der Waals surface area (Å²) in [5.41, 5.74) is 7.57. The molecule has 0 aliphatic rings. The number of nitrogen functional groups attached to an aromatic ring is 1. The zero-order valence-corrected chi connectivity index (χ0v) is 11.3. The van der Waals surface area contributed by atoms with Crippen molar-refractivity contribution >= 4 is 22.7 Å². The standard InChI is InChI=1S/C13H17N3OS/c1-9(13-15-5-6-18-13)8-16-12-4-3-10(17-2)7-11(12)14/h3-7,9,16H,8,14H2,1-2H3. The zero-order valence-electron chi connectivity index (χ0n) is 10.5. The lowest BCUT2D eigenvalue weighted by Gasteiger charge is -2.13. The Balaban J connectivity index is 1.98. The molecule has 96 valence electrons. The lowest BCUT2D eigenvalue weighted by Crippen LogP contribution is -2.10. The third-order valence-corrected chi connectivity index (χ3v) is 3.74. The Morgan fingerprint density at radius 1 is 1.50 bits per heavy atom. The monoisotopic (exact) mass is 263 g/mol. The number of rotatable bonds is 5. The Morgan fingerprint density at radius 3 is 2.94 bits per heavy atom. The highest BCUT2D eigenvalue weighted by atomic mass is 32.1. The largest absolute Gasteiger partial charge is 0.497 e. The van der Waals surface area contributed by atoms with Crippen LogP contribution in [0.5, 0.6) is 5.75 Å². The molecule has 1 aromatic carbocycles. The van der Waals surface area contributed by atoms with Crippen molar-refractivity contribution in [2.75, 3.05) is 24.7 Å². The predicted molar refractivity (Wildman–Crippen MR) is 76.4 cm³/mol. The van der Waals surface area contributed by atoms with Gasteiger partial charge in [-0.3, -0.25) is 0 Å². The van der Waals surface area contributed by atoms with E-state index in [1.165, 1.54) is 0 Å². The fourth-order valence-electron chi connectivity index (χ4n) is 1.66. The van der Waals surface area contributed by atoms with Crippen molar-refractivity contribution in [2.45, 2.75) is 12.8 Å². The smallest absolute Gasteiger partial charge is 0.121 e. The van der Waals surface area contributed by atoms with E-state index in [-0.39, 0.29) is 0 Å². The summed E-state index contributed by atoms with van der Waals surface area (Å²) >= 11 is 1.67. The topological polar surface area (TPSA) is 60.2 Å². The van der Waals surface area contributed by atoms with Crippen molar-refractivity contribution in [1.29, 1.82) is 0 Å². The van der Waals surface area contributed by atoms with E-state index in [0.717, 1.165) is 23.0 Å². The van der Waals surface area contributed by atoms with Gasteiger partial charge in [-0.2, -0.15) is 0 Å². The summed E-state index contributed by atoms with van der Waals surface area (Å²) in [6.07, 6.45) is 1.83. The molecule has 1 heterocycles. The van der Waals surface area contributed by atoms with Gasteiger partial charge in [-0.1, -0.05) is 6.92 Å². The van der Waals surface area contributed by atoms with Gasteiger partial charge in [-0.25, -0.2) is 4.98 Å². The Morgan fingerprint density at radius 2 is 2.33 bits per heavy atom. The van der Waals surface area contributed by atoms with E-state index < -0.39 is 0 Å². The Kier molecular flexibility index (Phi) is 4.04. The van der Waals surface area contributed by atoms with Gasteiger partial charge in [0, 0.05) is 30.1 Å². The van der Waals surface area contributed by atoms with Gasteiger partial charge < -0.3 is 15.8 Å². The molecule has 4 nitrogen and oxygen atoms in total. The molecule has 5 heteroatoms. The number of ether oxygens (including phenoxy) is 1. The normalized spacial score (nSPS) is 12.1. The van der Waals surface area contributed by atoms with Gasteiger partial charge in [-0.15, -0.1) is 11.3 Å². The zero-order chi connectivity index (χ0) is 13.0.